The maximum atomic E-state index is 11.0. The number of carboxylic acids is 1. The molecule has 0 aliphatic carbocycles. The second-order valence-electron chi connectivity index (χ2n) is 4.65. The number of benzene rings is 2. The summed E-state index contributed by atoms with van der Waals surface area (Å²) in [5, 5.41) is 18.3. The summed E-state index contributed by atoms with van der Waals surface area (Å²) in [6.07, 6.45) is 2.04. The number of aromatic nitrogens is 3. The highest BCUT2D eigenvalue weighted by Gasteiger charge is 2.16. The Hall–Kier alpha value is -2.80. The average Bonchev–Trinajstić information content (AvgIpc) is 3.04. The minimum atomic E-state index is -1.17. The fourth-order valence-corrected chi connectivity index (χ4v) is 2.45. The Labute approximate surface area is 136 Å². The number of aromatic amines is 1. The third-order valence-corrected chi connectivity index (χ3v) is 3.97. The highest BCUT2D eigenvalue weighted by atomic mass is 32.2. The van der Waals surface area contributed by atoms with Crippen molar-refractivity contribution in [3.63, 3.8) is 0 Å². The molecule has 0 saturated carbocycles. The predicted octanol–water partition coefficient (Wildman–Crippen LogP) is 3.68. The lowest BCUT2D eigenvalue weighted by molar-refractivity contribution is 0.0687. The number of nitrogens with one attached hydrogen (secondary N) is 1. The van der Waals surface area contributed by atoms with E-state index in [9.17, 15) is 4.79 Å². The Morgan fingerprint density at radius 1 is 1.09 bits per heavy atom. The third-order valence-electron chi connectivity index (χ3n) is 3.22. The molecule has 3 aromatic rings. The third kappa shape index (κ3) is 3.35. The van der Waals surface area contributed by atoms with Crippen molar-refractivity contribution in [1.29, 1.82) is 0 Å². The first-order valence-corrected chi connectivity index (χ1v) is 7.96. The van der Waals surface area contributed by atoms with E-state index in [1.54, 1.807) is 23.9 Å². The molecule has 2 aromatic carbocycles. The van der Waals surface area contributed by atoms with Crippen molar-refractivity contribution in [2.24, 2.45) is 0 Å². The Kier molecular flexibility index (Phi) is 4.29. The summed E-state index contributed by atoms with van der Waals surface area (Å²) in [4.78, 5) is 12.2. The normalized spacial score (nSPS) is 10.5. The van der Waals surface area contributed by atoms with Crippen LogP contribution < -0.4 is 4.74 Å². The van der Waals surface area contributed by atoms with Crippen molar-refractivity contribution >= 4 is 17.7 Å². The number of thioether (sulfide) groups is 1. The molecule has 0 fully saturated rings. The van der Waals surface area contributed by atoms with Gasteiger partial charge in [-0.1, -0.05) is 34.6 Å². The van der Waals surface area contributed by atoms with Crippen LogP contribution in [0.25, 0.3) is 11.1 Å². The molecule has 0 aliphatic rings. The lowest BCUT2D eigenvalue weighted by Gasteiger charge is -2.06. The molecule has 1 heterocycles. The van der Waals surface area contributed by atoms with E-state index in [1.165, 1.54) is 4.90 Å². The molecule has 0 spiro atoms. The molecule has 23 heavy (non-hydrogen) atoms. The average molecular weight is 327 g/mol. The first-order chi connectivity index (χ1) is 11.2. The van der Waals surface area contributed by atoms with Gasteiger partial charge in [0.15, 0.2) is 0 Å². The van der Waals surface area contributed by atoms with E-state index < -0.39 is 5.97 Å². The molecule has 0 aliphatic heterocycles. The summed E-state index contributed by atoms with van der Waals surface area (Å²) in [5.74, 6) is -0.740. The van der Waals surface area contributed by atoms with Crippen LogP contribution in [0.4, 0.5) is 0 Å². The number of H-pyrrole nitrogens is 1. The highest BCUT2D eigenvalue weighted by Crippen LogP contribution is 2.27. The second-order valence-corrected chi connectivity index (χ2v) is 5.53. The van der Waals surface area contributed by atoms with E-state index in [2.05, 4.69) is 39.7 Å². The number of hydrogen-bond acceptors (Lipinski definition) is 5. The minimum absolute atomic E-state index is 0.0606. The van der Waals surface area contributed by atoms with Crippen LogP contribution in [0.5, 0.6) is 11.6 Å². The molecule has 0 saturated heterocycles. The lowest BCUT2D eigenvalue weighted by atomic mass is 10.1. The molecule has 2 N–H and O–H groups in total. The molecular weight excluding hydrogens is 314 g/mol. The summed E-state index contributed by atoms with van der Waals surface area (Å²) in [6, 6.07) is 15.6. The quantitative estimate of drug-likeness (QED) is 0.695. The van der Waals surface area contributed by atoms with Crippen LogP contribution in [0.3, 0.4) is 0 Å². The van der Waals surface area contributed by atoms with Crippen LogP contribution in [0.1, 0.15) is 10.5 Å². The molecule has 116 valence electrons. The zero-order valence-electron chi connectivity index (χ0n) is 12.2. The highest BCUT2D eigenvalue weighted by molar-refractivity contribution is 7.98. The van der Waals surface area contributed by atoms with E-state index in [-0.39, 0.29) is 11.6 Å². The van der Waals surface area contributed by atoms with E-state index >= 15 is 0 Å². The van der Waals surface area contributed by atoms with Gasteiger partial charge < -0.3 is 9.84 Å². The molecular formula is C16H13N3O3S. The maximum absolute atomic E-state index is 11.0. The van der Waals surface area contributed by atoms with E-state index in [0.29, 0.717) is 5.75 Å². The summed E-state index contributed by atoms with van der Waals surface area (Å²) >= 11 is 1.70. The van der Waals surface area contributed by atoms with Gasteiger partial charge in [-0.15, -0.1) is 11.8 Å². The Morgan fingerprint density at radius 3 is 2.26 bits per heavy atom. The van der Waals surface area contributed by atoms with Crippen molar-refractivity contribution in [1.82, 2.24) is 15.4 Å². The summed E-state index contributed by atoms with van der Waals surface area (Å²) < 4.78 is 5.45. The number of nitrogens with zero attached hydrogens (tertiary/aromatic N) is 2. The van der Waals surface area contributed by atoms with Crippen LogP contribution in [0.15, 0.2) is 53.4 Å². The number of ether oxygens (including phenoxy) is 1. The van der Waals surface area contributed by atoms with E-state index in [0.717, 1.165) is 11.1 Å². The van der Waals surface area contributed by atoms with Gasteiger partial charge >= 0.3 is 5.97 Å². The monoisotopic (exact) mass is 327 g/mol. The van der Waals surface area contributed by atoms with Gasteiger partial charge in [0.1, 0.15) is 5.75 Å². The fraction of sp³-hybridized carbons (Fsp3) is 0.0625. The molecule has 1 aromatic heterocycles. The van der Waals surface area contributed by atoms with E-state index in [4.69, 9.17) is 9.84 Å². The van der Waals surface area contributed by atoms with Gasteiger partial charge in [0.2, 0.25) is 5.69 Å². The van der Waals surface area contributed by atoms with Crippen LogP contribution in [0.2, 0.25) is 0 Å². The number of aromatic carboxylic acids is 1. The van der Waals surface area contributed by atoms with Crippen LogP contribution in [-0.2, 0) is 0 Å². The molecule has 3 rings (SSSR count). The Balaban J connectivity index is 1.78. The van der Waals surface area contributed by atoms with Gasteiger partial charge in [-0.05, 0) is 41.6 Å². The summed E-state index contributed by atoms with van der Waals surface area (Å²) in [6.45, 7) is 0. The first kappa shape index (κ1) is 15.1. The standard InChI is InChI=1S/C16H13N3O3S/c1-23-13-8-4-11(5-9-13)10-2-6-12(7-3-10)22-15-14(16(20)21)17-19-18-15/h2-9H,1H3,(H,20,21)(H,17,18,19). The smallest absolute Gasteiger partial charge is 0.359 e. The molecule has 6 nitrogen and oxygen atoms in total. The SMILES string of the molecule is CSc1ccc(-c2ccc(Oc3nn[nH]c3C(=O)O)cc2)cc1. The molecule has 0 radical (unpaired) electrons. The number of carboxylic acid groups (broad SMARTS) is 1. The van der Waals surface area contributed by atoms with Crippen LogP contribution in [-0.4, -0.2) is 32.7 Å². The molecule has 7 heteroatoms. The molecule has 0 atom stereocenters. The number of carbonyl (C=O) groups is 1. The van der Waals surface area contributed by atoms with Gasteiger partial charge in [-0.3, -0.25) is 0 Å². The minimum Gasteiger partial charge on any atom is -0.476 e. The topological polar surface area (TPSA) is 88.1 Å². The number of rotatable bonds is 5. The van der Waals surface area contributed by atoms with Gasteiger partial charge in [-0.2, -0.15) is 0 Å². The maximum Gasteiger partial charge on any atom is 0.359 e. The fourth-order valence-electron chi connectivity index (χ4n) is 2.04. The van der Waals surface area contributed by atoms with Crippen LogP contribution >= 0.6 is 11.8 Å². The van der Waals surface area contributed by atoms with Crippen molar-refractivity contribution in [2.75, 3.05) is 6.26 Å². The first-order valence-electron chi connectivity index (χ1n) is 6.74. The van der Waals surface area contributed by atoms with Crippen molar-refractivity contribution in [3.8, 4) is 22.8 Å². The molecule has 0 bridgehead atoms. The van der Waals surface area contributed by atoms with Crippen molar-refractivity contribution in [2.45, 2.75) is 4.90 Å². The van der Waals surface area contributed by atoms with Gasteiger partial charge in [0.25, 0.3) is 5.88 Å². The van der Waals surface area contributed by atoms with Gasteiger partial charge in [-0.25, -0.2) is 9.89 Å². The van der Waals surface area contributed by atoms with Crippen molar-refractivity contribution in [3.05, 3.63) is 54.2 Å². The van der Waals surface area contributed by atoms with Gasteiger partial charge in [0.05, 0.1) is 0 Å². The zero-order chi connectivity index (χ0) is 16.2. The molecule has 0 amide bonds. The van der Waals surface area contributed by atoms with Gasteiger partial charge in [0, 0.05) is 4.90 Å². The lowest BCUT2D eigenvalue weighted by Crippen LogP contribution is -1.99. The summed E-state index contributed by atoms with van der Waals surface area (Å²) in [5.41, 5.74) is 1.97. The van der Waals surface area contributed by atoms with E-state index in [1.807, 2.05) is 18.4 Å². The predicted molar refractivity (Wildman–Crippen MR) is 87.1 cm³/mol. The largest absolute Gasteiger partial charge is 0.476 e. The Morgan fingerprint density at radius 2 is 1.70 bits per heavy atom. The number of hydrogen-bond donors (Lipinski definition) is 2. The van der Waals surface area contributed by atoms with Crippen LogP contribution in [0, 0.1) is 0 Å². The molecule has 0 unspecified atom stereocenters. The Bertz CT molecular complexity index is 813. The summed E-state index contributed by atoms with van der Waals surface area (Å²) in [7, 11) is 0. The second kappa shape index (κ2) is 6.53. The zero-order valence-corrected chi connectivity index (χ0v) is 13.0. The van der Waals surface area contributed by atoms with Crippen molar-refractivity contribution < 1.29 is 14.6 Å².